The standard InChI is InChI=1S/C24H32N4O2.2HI/c1-27(2,3)15-13-25-19-11-12-20(26-14-16-28(4,5)6)22-21(19)23(29)17-9-7-8-10-18(17)24(22)30;;/h7-12H,13-16H2,1-6H3;2*1H. The van der Waals surface area contributed by atoms with Crippen molar-refractivity contribution in [2.45, 2.75) is 0 Å². The highest BCUT2D eigenvalue weighted by Gasteiger charge is 2.21. The van der Waals surface area contributed by atoms with E-state index in [0.29, 0.717) is 46.4 Å². The van der Waals surface area contributed by atoms with E-state index in [2.05, 4.69) is 52.3 Å². The predicted octanol–water partition coefficient (Wildman–Crippen LogP) is 2.78. The first-order chi connectivity index (χ1) is 14.0. The van der Waals surface area contributed by atoms with Crippen LogP contribution >= 0.6 is 48.0 Å². The predicted molar refractivity (Wildman–Crippen MR) is 151 cm³/mol. The van der Waals surface area contributed by atoms with Crippen LogP contribution in [0.3, 0.4) is 0 Å². The molecule has 0 unspecified atom stereocenters. The average Bonchev–Trinajstić information content (AvgIpc) is 2.64. The Hall–Kier alpha value is -1.24. The minimum Gasteiger partial charge on any atom is -0.872 e. The quantitative estimate of drug-likeness (QED) is 0.353. The second kappa shape index (κ2) is 11.3. The number of hydrogen-bond acceptors (Lipinski definition) is 4. The van der Waals surface area contributed by atoms with Gasteiger partial charge in [0.25, 0.3) is 0 Å². The van der Waals surface area contributed by atoms with Crippen LogP contribution in [0.15, 0.2) is 46.4 Å². The van der Waals surface area contributed by atoms with Gasteiger partial charge in [-0.2, -0.15) is 0 Å². The molecule has 0 aromatic heterocycles. The Morgan fingerprint density at radius 1 is 0.656 bits per heavy atom. The highest BCUT2D eigenvalue weighted by Crippen LogP contribution is 2.39. The summed E-state index contributed by atoms with van der Waals surface area (Å²) >= 11 is 0. The maximum atomic E-state index is 13.4. The summed E-state index contributed by atoms with van der Waals surface area (Å²) < 4.78 is 1.56. The molecule has 0 spiro atoms. The summed E-state index contributed by atoms with van der Waals surface area (Å²) in [5, 5.41) is 27.6. The molecule has 0 atom stereocenters. The molecule has 0 heterocycles. The summed E-state index contributed by atoms with van der Waals surface area (Å²) in [4.78, 5) is 9.38. The topological polar surface area (TPSA) is 70.8 Å². The van der Waals surface area contributed by atoms with Gasteiger partial charge in [0.15, 0.2) is 0 Å². The minimum atomic E-state index is -0.146. The fourth-order valence-electron chi connectivity index (χ4n) is 3.39. The maximum Gasteiger partial charge on any atom is 0.0979 e. The van der Waals surface area contributed by atoms with Gasteiger partial charge in [-0.1, -0.05) is 35.8 Å². The molecule has 176 valence electrons. The number of hydrogen-bond donors (Lipinski definition) is 0. The van der Waals surface area contributed by atoms with Gasteiger partial charge >= 0.3 is 0 Å². The molecule has 0 amide bonds. The fourth-order valence-corrected chi connectivity index (χ4v) is 3.39. The number of rotatable bonds is 6. The lowest BCUT2D eigenvalue weighted by Crippen LogP contribution is -2.37. The molecule has 1 aliphatic carbocycles. The van der Waals surface area contributed by atoms with Crippen molar-refractivity contribution < 1.29 is 19.2 Å². The van der Waals surface area contributed by atoms with E-state index in [1.807, 2.05) is 12.2 Å². The molecular formula is C24H34I2N4O2. The monoisotopic (exact) mass is 664 g/mol. The van der Waals surface area contributed by atoms with E-state index in [-0.39, 0.29) is 59.5 Å². The number of quaternary nitrogens is 2. The summed E-state index contributed by atoms with van der Waals surface area (Å²) in [7, 11) is 12.6. The van der Waals surface area contributed by atoms with Crippen molar-refractivity contribution >= 4 is 70.1 Å². The summed E-state index contributed by atoms with van der Waals surface area (Å²) in [5.41, 5.74) is 1.95. The lowest BCUT2D eigenvalue weighted by molar-refractivity contribution is -0.868. The van der Waals surface area contributed by atoms with Gasteiger partial charge in [-0.3, -0.25) is 9.98 Å². The van der Waals surface area contributed by atoms with E-state index in [1.54, 1.807) is 24.3 Å². The van der Waals surface area contributed by atoms with Crippen molar-refractivity contribution in [1.29, 1.82) is 0 Å². The zero-order valence-corrected chi connectivity index (χ0v) is 24.4. The lowest BCUT2D eigenvalue weighted by atomic mass is 9.88. The van der Waals surface area contributed by atoms with Crippen LogP contribution in [0.25, 0.3) is 10.8 Å². The molecule has 0 N–H and O–H groups in total. The van der Waals surface area contributed by atoms with E-state index in [0.717, 1.165) is 22.1 Å². The van der Waals surface area contributed by atoms with Gasteiger partial charge < -0.3 is 19.2 Å². The maximum absolute atomic E-state index is 13.4. The van der Waals surface area contributed by atoms with Crippen LogP contribution in [0.5, 0.6) is 11.5 Å². The van der Waals surface area contributed by atoms with Crippen LogP contribution in [0.1, 0.15) is 11.1 Å². The molecule has 0 fully saturated rings. The fraction of sp³-hybridized carbons (Fsp3) is 0.417. The van der Waals surface area contributed by atoms with E-state index in [9.17, 15) is 10.2 Å². The summed E-state index contributed by atoms with van der Waals surface area (Å²) in [6.07, 6.45) is 3.66. The zero-order valence-electron chi connectivity index (χ0n) is 19.7. The molecular weight excluding hydrogens is 630 g/mol. The normalized spacial score (nSPS) is 16.1. The average molecular weight is 664 g/mol. The summed E-state index contributed by atoms with van der Waals surface area (Å²) in [5.74, 6) is -0.291. The molecule has 0 bridgehead atoms. The van der Waals surface area contributed by atoms with Gasteiger partial charge in [-0.25, -0.2) is 0 Å². The second-order valence-corrected chi connectivity index (χ2v) is 9.85. The third-order valence-corrected chi connectivity index (χ3v) is 5.14. The van der Waals surface area contributed by atoms with Crippen LogP contribution in [-0.2, 0) is 0 Å². The first-order valence-corrected chi connectivity index (χ1v) is 10.3. The second-order valence-electron chi connectivity index (χ2n) is 9.85. The highest BCUT2D eigenvalue weighted by molar-refractivity contribution is 14.0. The Balaban J connectivity index is 0.00000256. The SMILES string of the molecule is C[N+](C)(C)CCN=C1C=CC(=NCC[N+](C)(C)C)c2c1c([O-])c1ccccc1c2[O-].I.I. The summed E-state index contributed by atoms with van der Waals surface area (Å²) in [6.45, 7) is 2.83. The van der Waals surface area contributed by atoms with Crippen molar-refractivity contribution in [3.05, 3.63) is 47.5 Å². The number of halogens is 2. The molecule has 0 radical (unpaired) electrons. The Morgan fingerprint density at radius 2 is 1.00 bits per heavy atom. The largest absolute Gasteiger partial charge is 0.872 e. The molecule has 8 heteroatoms. The van der Waals surface area contributed by atoms with E-state index >= 15 is 0 Å². The first-order valence-electron chi connectivity index (χ1n) is 10.3. The zero-order chi connectivity index (χ0) is 22.1. The number of likely N-dealkylation sites (N-methyl/N-ethyl adjacent to an activating group) is 2. The van der Waals surface area contributed by atoms with Crippen molar-refractivity contribution in [3.8, 4) is 11.5 Å². The van der Waals surface area contributed by atoms with Gasteiger partial charge in [0.1, 0.15) is 0 Å². The number of allylic oxidation sites excluding steroid dienone is 2. The van der Waals surface area contributed by atoms with E-state index in [1.165, 1.54) is 0 Å². The number of benzene rings is 2. The van der Waals surface area contributed by atoms with Crippen LogP contribution in [-0.4, -0.2) is 88.9 Å². The molecule has 2 aromatic rings. The number of nitrogens with zero attached hydrogens (tertiary/aromatic N) is 4. The molecule has 6 nitrogen and oxygen atoms in total. The Morgan fingerprint density at radius 3 is 1.31 bits per heavy atom. The molecule has 3 rings (SSSR count). The molecule has 2 aromatic carbocycles. The highest BCUT2D eigenvalue weighted by atomic mass is 127. The number of aliphatic imine (C=N–C) groups is 2. The molecule has 0 aliphatic heterocycles. The van der Waals surface area contributed by atoms with Gasteiger partial charge in [-0.15, -0.1) is 48.0 Å². The van der Waals surface area contributed by atoms with E-state index in [4.69, 9.17) is 0 Å². The van der Waals surface area contributed by atoms with Gasteiger partial charge in [0.2, 0.25) is 0 Å². The van der Waals surface area contributed by atoms with Crippen LogP contribution in [0, 0.1) is 0 Å². The van der Waals surface area contributed by atoms with Crippen LogP contribution in [0.2, 0.25) is 0 Å². The van der Waals surface area contributed by atoms with Crippen molar-refractivity contribution in [3.63, 3.8) is 0 Å². The first kappa shape index (κ1) is 28.8. The third kappa shape index (κ3) is 6.88. The smallest absolute Gasteiger partial charge is 0.0979 e. The van der Waals surface area contributed by atoms with E-state index < -0.39 is 0 Å². The van der Waals surface area contributed by atoms with Gasteiger partial charge in [-0.05, 0) is 22.9 Å². The van der Waals surface area contributed by atoms with Crippen molar-refractivity contribution in [2.24, 2.45) is 9.98 Å². The van der Waals surface area contributed by atoms with Crippen molar-refractivity contribution in [2.75, 3.05) is 68.5 Å². The van der Waals surface area contributed by atoms with Gasteiger partial charge in [0.05, 0.1) is 79.9 Å². The third-order valence-electron chi connectivity index (χ3n) is 5.14. The molecule has 0 saturated heterocycles. The summed E-state index contributed by atoms with van der Waals surface area (Å²) in [6, 6.07) is 7.02. The lowest BCUT2D eigenvalue weighted by Gasteiger charge is -2.30. The van der Waals surface area contributed by atoms with Crippen molar-refractivity contribution in [1.82, 2.24) is 0 Å². The number of fused-ring (bicyclic) bond motifs is 2. The molecule has 32 heavy (non-hydrogen) atoms. The van der Waals surface area contributed by atoms with Crippen LogP contribution < -0.4 is 10.2 Å². The Bertz CT molecular complexity index is 966. The molecule has 0 saturated carbocycles. The Labute approximate surface area is 225 Å². The molecule has 1 aliphatic rings. The minimum absolute atomic E-state index is 0. The Kier molecular flexibility index (Phi) is 10.1. The van der Waals surface area contributed by atoms with Gasteiger partial charge in [0, 0.05) is 11.1 Å². The van der Waals surface area contributed by atoms with Crippen LogP contribution in [0.4, 0.5) is 0 Å².